The molecule has 2 heterocycles. The van der Waals surface area contributed by atoms with Crippen molar-refractivity contribution in [2.24, 2.45) is 5.92 Å². The first-order valence-electron chi connectivity index (χ1n) is 10.0. The summed E-state index contributed by atoms with van der Waals surface area (Å²) in [6.45, 7) is 1.46. The van der Waals surface area contributed by atoms with E-state index >= 15 is 0 Å². The maximum absolute atomic E-state index is 13.6. The Balaban J connectivity index is 1.55. The fraction of sp³-hybridized carbons (Fsp3) is 0.364. The van der Waals surface area contributed by atoms with E-state index in [1.54, 1.807) is 18.3 Å². The number of nitrogens with zero attached hydrogens (tertiary/aromatic N) is 3. The van der Waals surface area contributed by atoms with Crippen LogP contribution in [0.15, 0.2) is 48.7 Å². The number of halogens is 3. The predicted molar refractivity (Wildman–Crippen MR) is 113 cm³/mol. The Kier molecular flexibility index (Phi) is 6.85. The highest BCUT2D eigenvalue weighted by atomic mass is 32.2. The molecule has 1 unspecified atom stereocenters. The molecule has 1 aliphatic rings. The molecule has 32 heavy (non-hydrogen) atoms. The van der Waals surface area contributed by atoms with Gasteiger partial charge < -0.3 is 14.9 Å². The average Bonchev–Trinajstić information content (AvgIpc) is 3.25. The molecule has 2 N–H and O–H groups in total. The number of rotatable bonds is 6. The molecular formula is C22H22F3N3O3S. The summed E-state index contributed by atoms with van der Waals surface area (Å²) in [5, 5.41) is 28.8. The molecule has 0 aliphatic carbocycles. The second kappa shape index (κ2) is 9.62. The maximum Gasteiger partial charge on any atom is 0.159 e. The van der Waals surface area contributed by atoms with Crippen molar-refractivity contribution in [3.63, 3.8) is 0 Å². The zero-order valence-corrected chi connectivity index (χ0v) is 17.9. The topological polar surface area (TPSA) is 80.4 Å². The van der Waals surface area contributed by atoms with Crippen LogP contribution in [0.3, 0.4) is 0 Å². The summed E-state index contributed by atoms with van der Waals surface area (Å²) in [4.78, 5) is 0. The maximum atomic E-state index is 13.6. The lowest BCUT2D eigenvalue weighted by atomic mass is 9.91. The molecule has 0 bridgehead atoms. The van der Waals surface area contributed by atoms with Crippen LogP contribution in [0.4, 0.5) is 13.2 Å². The normalized spacial score (nSPS) is 25.8. The van der Waals surface area contributed by atoms with E-state index in [1.165, 1.54) is 34.6 Å². The Morgan fingerprint density at radius 2 is 1.94 bits per heavy atom. The van der Waals surface area contributed by atoms with Gasteiger partial charge in [0.2, 0.25) is 0 Å². The third kappa shape index (κ3) is 4.68. The van der Waals surface area contributed by atoms with Gasteiger partial charge in [0.1, 0.15) is 29.2 Å². The van der Waals surface area contributed by atoms with Gasteiger partial charge in [0.05, 0.1) is 18.8 Å². The number of aliphatic hydroxyl groups excluding tert-OH is 2. The van der Waals surface area contributed by atoms with Gasteiger partial charge in [-0.25, -0.2) is 17.9 Å². The monoisotopic (exact) mass is 465 g/mol. The SMILES string of the molecule is C[C@H]1C(SCc2ccc(F)c(F)c2)O[C@H](CO)[C@H](O)[C@@H]1n1cc(-c2cccc(F)c2)nn1. The number of benzene rings is 2. The van der Waals surface area contributed by atoms with Gasteiger partial charge in [0, 0.05) is 17.2 Å². The largest absolute Gasteiger partial charge is 0.394 e. The number of thioether (sulfide) groups is 1. The molecule has 10 heteroatoms. The molecule has 170 valence electrons. The zero-order chi connectivity index (χ0) is 22.8. The van der Waals surface area contributed by atoms with E-state index in [0.29, 0.717) is 22.6 Å². The second-order valence-corrected chi connectivity index (χ2v) is 8.81. The van der Waals surface area contributed by atoms with E-state index in [-0.39, 0.29) is 5.92 Å². The molecular weight excluding hydrogens is 443 g/mol. The van der Waals surface area contributed by atoms with E-state index < -0.39 is 47.7 Å². The van der Waals surface area contributed by atoms with Gasteiger partial charge in [0.15, 0.2) is 11.6 Å². The van der Waals surface area contributed by atoms with Crippen molar-refractivity contribution in [1.29, 1.82) is 0 Å². The van der Waals surface area contributed by atoms with Crippen molar-refractivity contribution in [2.45, 2.75) is 36.4 Å². The van der Waals surface area contributed by atoms with Crippen molar-refractivity contribution < 1.29 is 28.1 Å². The molecule has 1 fully saturated rings. The van der Waals surface area contributed by atoms with Crippen LogP contribution < -0.4 is 0 Å². The summed E-state index contributed by atoms with van der Waals surface area (Å²) in [6, 6.07) is 9.08. The van der Waals surface area contributed by atoms with E-state index in [9.17, 15) is 23.4 Å². The lowest BCUT2D eigenvalue weighted by Crippen LogP contribution is -2.51. The van der Waals surface area contributed by atoms with Crippen LogP contribution in [0.25, 0.3) is 11.3 Å². The smallest absolute Gasteiger partial charge is 0.159 e. The van der Waals surface area contributed by atoms with E-state index in [1.807, 2.05) is 6.92 Å². The summed E-state index contributed by atoms with van der Waals surface area (Å²) in [5.74, 6) is -2.16. The number of aliphatic hydroxyl groups is 2. The van der Waals surface area contributed by atoms with Gasteiger partial charge in [-0.15, -0.1) is 16.9 Å². The van der Waals surface area contributed by atoms with Gasteiger partial charge >= 0.3 is 0 Å². The Hall–Kier alpha value is -2.40. The standard InChI is InChI=1S/C22H22F3N3O3S/c1-12-20(28-9-18(26-27-28)14-3-2-4-15(23)8-14)21(30)19(10-29)31-22(12)32-11-13-5-6-16(24)17(25)7-13/h2-9,12,19-22,29-30H,10-11H2,1H3/t12-,19-,20-,21+,22?/m1/s1. The number of hydrogen-bond donors (Lipinski definition) is 2. The van der Waals surface area contributed by atoms with Gasteiger partial charge in [-0.1, -0.05) is 30.3 Å². The van der Waals surface area contributed by atoms with Crippen LogP contribution in [0.2, 0.25) is 0 Å². The molecule has 1 saturated heterocycles. The highest BCUT2D eigenvalue weighted by Crippen LogP contribution is 2.40. The van der Waals surface area contributed by atoms with E-state index in [2.05, 4.69) is 10.3 Å². The minimum Gasteiger partial charge on any atom is -0.394 e. The molecule has 2 aromatic carbocycles. The Morgan fingerprint density at radius 3 is 2.66 bits per heavy atom. The lowest BCUT2D eigenvalue weighted by Gasteiger charge is -2.42. The molecule has 0 amide bonds. The van der Waals surface area contributed by atoms with Crippen LogP contribution in [0.5, 0.6) is 0 Å². The molecule has 1 aromatic heterocycles. The quantitative estimate of drug-likeness (QED) is 0.580. The average molecular weight is 465 g/mol. The minimum atomic E-state index is -1.06. The van der Waals surface area contributed by atoms with Crippen molar-refractivity contribution in [1.82, 2.24) is 15.0 Å². The first-order valence-corrected chi connectivity index (χ1v) is 11.1. The van der Waals surface area contributed by atoms with E-state index in [4.69, 9.17) is 4.74 Å². The lowest BCUT2D eigenvalue weighted by molar-refractivity contribution is -0.153. The zero-order valence-electron chi connectivity index (χ0n) is 17.1. The third-order valence-corrected chi connectivity index (χ3v) is 6.89. The first-order chi connectivity index (χ1) is 15.4. The third-order valence-electron chi connectivity index (χ3n) is 5.52. The molecule has 6 nitrogen and oxygen atoms in total. The Morgan fingerprint density at radius 1 is 1.12 bits per heavy atom. The molecule has 0 radical (unpaired) electrons. The van der Waals surface area contributed by atoms with Gasteiger partial charge in [-0.3, -0.25) is 0 Å². The summed E-state index contributed by atoms with van der Waals surface area (Å²) in [5.41, 5.74) is 1.12. The van der Waals surface area contributed by atoms with Crippen molar-refractivity contribution >= 4 is 11.8 Å². The molecule has 0 saturated carbocycles. The van der Waals surface area contributed by atoms with Crippen molar-refractivity contribution in [2.75, 3.05) is 6.61 Å². The highest BCUT2D eigenvalue weighted by Gasteiger charge is 2.44. The van der Waals surface area contributed by atoms with Crippen LogP contribution >= 0.6 is 11.8 Å². The van der Waals surface area contributed by atoms with Crippen molar-refractivity contribution in [3.05, 3.63) is 71.7 Å². The van der Waals surface area contributed by atoms with Crippen molar-refractivity contribution in [3.8, 4) is 11.3 Å². The number of ether oxygens (including phenoxy) is 1. The van der Waals surface area contributed by atoms with Crippen LogP contribution in [0.1, 0.15) is 18.5 Å². The highest BCUT2D eigenvalue weighted by molar-refractivity contribution is 7.99. The molecule has 0 spiro atoms. The molecule has 5 atom stereocenters. The summed E-state index contributed by atoms with van der Waals surface area (Å²) in [7, 11) is 0. The number of aromatic nitrogens is 3. The van der Waals surface area contributed by atoms with Crippen LogP contribution in [-0.4, -0.2) is 49.5 Å². The summed E-state index contributed by atoms with van der Waals surface area (Å²) < 4.78 is 47.7. The Labute approximate surface area is 187 Å². The molecule has 4 rings (SSSR count). The van der Waals surface area contributed by atoms with Crippen LogP contribution in [-0.2, 0) is 10.5 Å². The Bertz CT molecular complexity index is 1080. The van der Waals surface area contributed by atoms with Crippen LogP contribution in [0, 0.1) is 23.4 Å². The first kappa shape index (κ1) is 22.8. The second-order valence-electron chi connectivity index (χ2n) is 7.72. The summed E-state index contributed by atoms with van der Waals surface area (Å²) >= 11 is 1.35. The van der Waals surface area contributed by atoms with Gasteiger partial charge in [-0.05, 0) is 29.8 Å². The fourth-order valence-corrected chi connectivity index (χ4v) is 5.04. The number of hydrogen-bond acceptors (Lipinski definition) is 6. The minimum absolute atomic E-state index is 0.273. The fourth-order valence-electron chi connectivity index (χ4n) is 3.82. The predicted octanol–water partition coefficient (Wildman–Crippen LogP) is 3.55. The van der Waals surface area contributed by atoms with E-state index in [0.717, 1.165) is 12.1 Å². The summed E-state index contributed by atoms with van der Waals surface area (Å²) in [6.07, 6.45) is -0.298. The van der Waals surface area contributed by atoms with Gasteiger partial charge in [-0.2, -0.15) is 0 Å². The van der Waals surface area contributed by atoms with Gasteiger partial charge in [0.25, 0.3) is 0 Å². The molecule has 1 aliphatic heterocycles. The molecule has 3 aromatic rings.